The highest BCUT2D eigenvalue weighted by Crippen LogP contribution is 2.19. The molecule has 0 N–H and O–H groups in total. The van der Waals surface area contributed by atoms with Gasteiger partial charge in [0.1, 0.15) is 0 Å². The summed E-state index contributed by atoms with van der Waals surface area (Å²) >= 11 is 5.85. The maximum absolute atomic E-state index is 5.85. The summed E-state index contributed by atoms with van der Waals surface area (Å²) in [5.74, 6) is 0.546. The minimum atomic E-state index is 0. The van der Waals surface area contributed by atoms with Crippen molar-refractivity contribution in [3.05, 3.63) is 41.6 Å². The van der Waals surface area contributed by atoms with Gasteiger partial charge in [0.2, 0.25) is 0 Å². The van der Waals surface area contributed by atoms with E-state index in [2.05, 4.69) is 11.1 Å². The Kier molecular flexibility index (Phi) is 3.73. The largest absolute Gasteiger partial charge is 0.253 e. The zero-order chi connectivity index (χ0) is 9.26. The molecule has 1 aromatic carbocycles. The molecule has 0 spiro atoms. The molecule has 0 fully saturated rings. The van der Waals surface area contributed by atoms with Crippen molar-refractivity contribution >= 4 is 34.9 Å². The second-order valence-corrected chi connectivity index (χ2v) is 3.34. The van der Waals surface area contributed by atoms with E-state index in [4.69, 9.17) is 11.6 Å². The molecule has 1 nitrogen and oxygen atoms in total. The molecule has 2 aromatic rings. The highest BCUT2D eigenvalue weighted by molar-refractivity contribution is 6.18. The SMILES string of the molecule is Cc1cc(CCl)c2ccccc2n1.Cl. The third-order valence-electron chi connectivity index (χ3n) is 2.07. The second-order valence-electron chi connectivity index (χ2n) is 3.07. The number of para-hydroxylation sites is 1. The first-order chi connectivity index (χ1) is 6.31. The topological polar surface area (TPSA) is 12.9 Å². The van der Waals surface area contributed by atoms with Crippen LogP contribution >= 0.6 is 24.0 Å². The van der Waals surface area contributed by atoms with Gasteiger partial charge in [-0.15, -0.1) is 24.0 Å². The molecule has 1 heterocycles. The van der Waals surface area contributed by atoms with Gasteiger partial charge in [0.15, 0.2) is 0 Å². The minimum Gasteiger partial charge on any atom is -0.253 e. The van der Waals surface area contributed by atoms with Crippen LogP contribution < -0.4 is 0 Å². The van der Waals surface area contributed by atoms with Crippen molar-refractivity contribution in [3.63, 3.8) is 0 Å². The number of hydrogen-bond donors (Lipinski definition) is 0. The fourth-order valence-corrected chi connectivity index (χ4v) is 1.73. The van der Waals surface area contributed by atoms with Crippen LogP contribution in [0.3, 0.4) is 0 Å². The molecule has 2 rings (SSSR count). The van der Waals surface area contributed by atoms with Crippen LogP contribution in [0.25, 0.3) is 10.9 Å². The van der Waals surface area contributed by atoms with Crippen molar-refractivity contribution in [2.75, 3.05) is 0 Å². The Balaban J connectivity index is 0.000000980. The molecule has 0 saturated heterocycles. The lowest BCUT2D eigenvalue weighted by atomic mass is 10.1. The minimum absolute atomic E-state index is 0. The summed E-state index contributed by atoms with van der Waals surface area (Å²) in [7, 11) is 0. The van der Waals surface area contributed by atoms with Crippen LogP contribution in [0.4, 0.5) is 0 Å². The predicted molar refractivity (Wildman–Crippen MR) is 63.3 cm³/mol. The molecule has 0 atom stereocenters. The van der Waals surface area contributed by atoms with Gasteiger partial charge in [0, 0.05) is 17.0 Å². The van der Waals surface area contributed by atoms with Crippen LogP contribution in [0.1, 0.15) is 11.3 Å². The number of aromatic nitrogens is 1. The number of alkyl halides is 1. The van der Waals surface area contributed by atoms with Gasteiger partial charge in [-0.25, -0.2) is 0 Å². The Morgan fingerprint density at radius 3 is 2.71 bits per heavy atom. The fraction of sp³-hybridized carbons (Fsp3) is 0.182. The maximum atomic E-state index is 5.85. The van der Waals surface area contributed by atoms with E-state index in [1.54, 1.807) is 0 Å². The quantitative estimate of drug-likeness (QED) is 0.678. The summed E-state index contributed by atoms with van der Waals surface area (Å²) in [4.78, 5) is 4.43. The molecule has 1 aromatic heterocycles. The van der Waals surface area contributed by atoms with Crippen molar-refractivity contribution in [2.45, 2.75) is 12.8 Å². The van der Waals surface area contributed by atoms with E-state index in [-0.39, 0.29) is 12.4 Å². The zero-order valence-corrected chi connectivity index (χ0v) is 9.40. The van der Waals surface area contributed by atoms with Crippen LogP contribution in [-0.2, 0) is 5.88 Å². The number of hydrogen-bond acceptors (Lipinski definition) is 1. The first-order valence-corrected chi connectivity index (χ1v) is 4.76. The first kappa shape index (κ1) is 11.3. The van der Waals surface area contributed by atoms with Gasteiger partial charge in [-0.2, -0.15) is 0 Å². The van der Waals surface area contributed by atoms with Crippen LogP contribution in [-0.4, -0.2) is 4.98 Å². The summed E-state index contributed by atoms with van der Waals surface area (Å²) in [6, 6.07) is 10.1. The molecule has 74 valence electrons. The van der Waals surface area contributed by atoms with Crippen molar-refractivity contribution < 1.29 is 0 Å². The Hall–Kier alpha value is -0.790. The monoisotopic (exact) mass is 227 g/mol. The van der Waals surface area contributed by atoms with Crippen molar-refractivity contribution in [3.8, 4) is 0 Å². The molecule has 0 unspecified atom stereocenters. The predicted octanol–water partition coefficient (Wildman–Crippen LogP) is 3.70. The van der Waals surface area contributed by atoms with Crippen molar-refractivity contribution in [1.82, 2.24) is 4.98 Å². The van der Waals surface area contributed by atoms with Gasteiger partial charge < -0.3 is 0 Å². The number of rotatable bonds is 1. The zero-order valence-electron chi connectivity index (χ0n) is 7.83. The second kappa shape index (κ2) is 4.63. The highest BCUT2D eigenvalue weighted by Gasteiger charge is 2.01. The first-order valence-electron chi connectivity index (χ1n) is 4.22. The van der Waals surface area contributed by atoms with E-state index in [0.717, 1.165) is 22.2 Å². The van der Waals surface area contributed by atoms with Gasteiger partial charge in [-0.1, -0.05) is 18.2 Å². The normalized spacial score (nSPS) is 9.86. The average molecular weight is 228 g/mol. The van der Waals surface area contributed by atoms with E-state index in [0.29, 0.717) is 5.88 Å². The van der Waals surface area contributed by atoms with Crippen molar-refractivity contribution in [2.24, 2.45) is 0 Å². The summed E-state index contributed by atoms with van der Waals surface area (Å²) in [5, 5.41) is 1.16. The van der Waals surface area contributed by atoms with E-state index >= 15 is 0 Å². The van der Waals surface area contributed by atoms with Crippen LogP contribution in [0.5, 0.6) is 0 Å². The standard InChI is InChI=1S/C11H10ClN.ClH/c1-8-6-9(7-12)10-4-2-3-5-11(10)13-8;/h2-6H,7H2,1H3;1H. The number of halogens is 2. The average Bonchev–Trinajstić information content (AvgIpc) is 2.16. The lowest BCUT2D eigenvalue weighted by Gasteiger charge is -2.03. The summed E-state index contributed by atoms with van der Waals surface area (Å²) in [5.41, 5.74) is 3.21. The summed E-state index contributed by atoms with van der Waals surface area (Å²) in [6.07, 6.45) is 0. The molecular formula is C11H11Cl2N. The third kappa shape index (κ3) is 1.99. The molecule has 0 radical (unpaired) electrons. The smallest absolute Gasteiger partial charge is 0.0708 e. The van der Waals surface area contributed by atoms with Crippen LogP contribution in [0, 0.1) is 6.92 Å². The summed E-state index contributed by atoms with van der Waals surface area (Å²) in [6.45, 7) is 1.99. The molecule has 0 amide bonds. The van der Waals surface area contributed by atoms with Crippen LogP contribution in [0.2, 0.25) is 0 Å². The molecule has 0 bridgehead atoms. The number of benzene rings is 1. The number of nitrogens with zero attached hydrogens (tertiary/aromatic N) is 1. The summed E-state index contributed by atoms with van der Waals surface area (Å²) < 4.78 is 0. The van der Waals surface area contributed by atoms with E-state index in [9.17, 15) is 0 Å². The van der Waals surface area contributed by atoms with Gasteiger partial charge in [0.25, 0.3) is 0 Å². The van der Waals surface area contributed by atoms with E-state index in [1.807, 2.05) is 31.2 Å². The van der Waals surface area contributed by atoms with Crippen molar-refractivity contribution in [1.29, 1.82) is 0 Å². The maximum Gasteiger partial charge on any atom is 0.0708 e. The Labute approximate surface area is 94.5 Å². The highest BCUT2D eigenvalue weighted by atomic mass is 35.5. The van der Waals surface area contributed by atoms with Crippen LogP contribution in [0.15, 0.2) is 30.3 Å². The molecular weight excluding hydrogens is 217 g/mol. The van der Waals surface area contributed by atoms with E-state index in [1.165, 1.54) is 0 Å². The molecule has 0 aliphatic carbocycles. The molecule has 0 saturated carbocycles. The van der Waals surface area contributed by atoms with E-state index < -0.39 is 0 Å². The fourth-order valence-electron chi connectivity index (χ4n) is 1.51. The third-order valence-corrected chi connectivity index (χ3v) is 2.36. The van der Waals surface area contributed by atoms with Gasteiger partial charge in [-0.05, 0) is 24.6 Å². The Morgan fingerprint density at radius 1 is 1.29 bits per heavy atom. The van der Waals surface area contributed by atoms with Gasteiger partial charge in [-0.3, -0.25) is 4.98 Å². The molecule has 14 heavy (non-hydrogen) atoms. The number of fused-ring (bicyclic) bond motifs is 1. The molecule has 0 aliphatic rings. The van der Waals surface area contributed by atoms with Gasteiger partial charge >= 0.3 is 0 Å². The Bertz CT molecular complexity index is 440. The lowest BCUT2D eigenvalue weighted by molar-refractivity contribution is 1.22. The number of pyridine rings is 1. The van der Waals surface area contributed by atoms with Gasteiger partial charge in [0.05, 0.1) is 5.52 Å². The lowest BCUT2D eigenvalue weighted by Crippen LogP contribution is -1.88. The molecule has 0 aliphatic heterocycles. The Morgan fingerprint density at radius 2 is 2.00 bits per heavy atom. The molecule has 3 heteroatoms. The number of aryl methyl sites for hydroxylation is 1.